The van der Waals surface area contributed by atoms with E-state index in [4.69, 9.17) is 9.47 Å². The fraction of sp³-hybridized carbons (Fsp3) is 0.261. The van der Waals surface area contributed by atoms with Crippen LogP contribution in [0.2, 0.25) is 0 Å². The standard InChI is InChI=1S/C23H20N4O10S/c1-13-12-38(35)21-18(24-23(30)37-11-15-4-8-17(9-5-15)27(33)34)20(28)25(21)19(13)22(29)36-10-14-2-6-16(7-3-14)26(31)32/h2-9,18-19,21H,1,10-12H2,(H,24,30)/t18?,19?,21-,38?/m0/s1. The van der Waals surface area contributed by atoms with Gasteiger partial charge in [0.15, 0.2) is 6.04 Å². The number of nitrogens with one attached hydrogen (secondary N) is 1. The summed E-state index contributed by atoms with van der Waals surface area (Å²) in [5.41, 5.74) is 0.917. The van der Waals surface area contributed by atoms with Gasteiger partial charge >= 0.3 is 12.1 Å². The summed E-state index contributed by atoms with van der Waals surface area (Å²) in [6.45, 7) is 3.31. The molecule has 0 aromatic heterocycles. The van der Waals surface area contributed by atoms with Crippen LogP contribution in [0.3, 0.4) is 0 Å². The third kappa shape index (κ3) is 5.36. The van der Waals surface area contributed by atoms with Crippen molar-refractivity contribution in [2.24, 2.45) is 0 Å². The maximum Gasteiger partial charge on any atom is 0.408 e. The van der Waals surface area contributed by atoms with Gasteiger partial charge < -0.3 is 19.7 Å². The minimum atomic E-state index is -1.66. The van der Waals surface area contributed by atoms with E-state index in [1.165, 1.54) is 48.5 Å². The Labute approximate surface area is 217 Å². The van der Waals surface area contributed by atoms with E-state index in [0.717, 1.165) is 4.90 Å². The Morgan fingerprint density at radius 1 is 0.974 bits per heavy atom. The van der Waals surface area contributed by atoms with Crippen LogP contribution in [0.4, 0.5) is 16.2 Å². The fourth-order valence-corrected chi connectivity index (χ4v) is 5.64. The van der Waals surface area contributed by atoms with Crippen LogP contribution in [0, 0.1) is 20.2 Å². The summed E-state index contributed by atoms with van der Waals surface area (Å²) >= 11 is 0. The predicted octanol–water partition coefficient (Wildman–Crippen LogP) is 1.70. The van der Waals surface area contributed by atoms with Crippen LogP contribution in [0.5, 0.6) is 0 Å². The minimum Gasteiger partial charge on any atom is -0.459 e. The van der Waals surface area contributed by atoms with Gasteiger partial charge in [0.05, 0.1) is 20.6 Å². The van der Waals surface area contributed by atoms with Gasteiger partial charge in [-0.15, -0.1) is 0 Å². The number of carbonyl (C=O) groups is 3. The molecule has 0 bridgehead atoms. The molecule has 4 atom stereocenters. The number of nitro benzene ring substituents is 2. The fourth-order valence-electron chi connectivity index (χ4n) is 3.97. The molecule has 38 heavy (non-hydrogen) atoms. The summed E-state index contributed by atoms with van der Waals surface area (Å²) in [6.07, 6.45) is -0.972. The average Bonchev–Trinajstić information content (AvgIpc) is 2.89. The monoisotopic (exact) mass is 544 g/mol. The van der Waals surface area contributed by atoms with Crippen LogP contribution in [-0.2, 0) is 43.1 Å². The number of amides is 2. The Morgan fingerprint density at radius 2 is 1.47 bits per heavy atom. The third-order valence-corrected chi connectivity index (χ3v) is 7.58. The molecule has 4 rings (SSSR count). The molecule has 3 unspecified atom stereocenters. The number of nitro groups is 2. The van der Waals surface area contributed by atoms with Gasteiger partial charge in [-0.3, -0.25) is 29.2 Å². The van der Waals surface area contributed by atoms with Crippen LogP contribution in [0.25, 0.3) is 0 Å². The number of hydrogen-bond acceptors (Lipinski definition) is 10. The van der Waals surface area contributed by atoms with E-state index in [-0.39, 0.29) is 35.9 Å². The lowest BCUT2D eigenvalue weighted by molar-refractivity contribution is -0.385. The van der Waals surface area contributed by atoms with Crippen molar-refractivity contribution in [1.82, 2.24) is 10.2 Å². The zero-order chi connectivity index (χ0) is 27.6. The third-order valence-electron chi connectivity index (χ3n) is 5.88. The van der Waals surface area contributed by atoms with Crippen molar-refractivity contribution in [3.63, 3.8) is 0 Å². The normalized spacial score (nSPS) is 22.1. The van der Waals surface area contributed by atoms with Crippen LogP contribution in [-0.4, -0.2) is 60.1 Å². The number of fused-ring (bicyclic) bond motifs is 1. The maximum atomic E-state index is 12.8. The van der Waals surface area contributed by atoms with E-state index in [9.17, 15) is 38.8 Å². The number of ether oxygens (including phenoxy) is 2. The highest BCUT2D eigenvalue weighted by Crippen LogP contribution is 2.35. The van der Waals surface area contributed by atoms with E-state index in [1.807, 2.05) is 0 Å². The van der Waals surface area contributed by atoms with Gasteiger partial charge in [-0.05, 0) is 41.0 Å². The second-order valence-corrected chi connectivity index (χ2v) is 9.91. The summed E-state index contributed by atoms with van der Waals surface area (Å²) in [5, 5.41) is 22.8. The Hall–Kier alpha value is -4.66. The van der Waals surface area contributed by atoms with Crippen LogP contribution >= 0.6 is 0 Å². The molecule has 14 nitrogen and oxygen atoms in total. The largest absolute Gasteiger partial charge is 0.459 e. The number of benzene rings is 2. The van der Waals surface area contributed by atoms with Crippen LogP contribution in [0.1, 0.15) is 11.1 Å². The lowest BCUT2D eigenvalue weighted by Crippen LogP contribution is -2.77. The summed E-state index contributed by atoms with van der Waals surface area (Å²) in [6, 6.07) is 8.30. The number of β-lactam (4-membered cyclic amide) rings is 1. The summed E-state index contributed by atoms with van der Waals surface area (Å²) in [5.74, 6) is -1.58. The summed E-state index contributed by atoms with van der Waals surface area (Å²) < 4.78 is 23.1. The van der Waals surface area contributed by atoms with Gasteiger partial charge in [0, 0.05) is 30.0 Å². The SMILES string of the molecule is C=C1CS(=O)[C@H]2C(NC(=O)OCc3ccc([N+](=O)[O-])cc3)C(=O)N2C1C(=O)OCc1ccc([N+](=O)[O-])cc1. The topological polar surface area (TPSA) is 188 Å². The van der Waals surface area contributed by atoms with Gasteiger partial charge in [-0.25, -0.2) is 9.59 Å². The molecule has 0 saturated carbocycles. The van der Waals surface area contributed by atoms with Crippen molar-refractivity contribution >= 4 is 40.1 Å². The highest BCUT2D eigenvalue weighted by Gasteiger charge is 2.59. The quantitative estimate of drug-likeness (QED) is 0.168. The van der Waals surface area contributed by atoms with Crippen molar-refractivity contribution in [3.05, 3.63) is 92.0 Å². The van der Waals surface area contributed by atoms with Gasteiger partial charge in [0.1, 0.15) is 24.6 Å². The van der Waals surface area contributed by atoms with Gasteiger partial charge in [0.25, 0.3) is 17.3 Å². The van der Waals surface area contributed by atoms with E-state index in [0.29, 0.717) is 11.1 Å². The van der Waals surface area contributed by atoms with E-state index in [1.54, 1.807) is 0 Å². The molecule has 0 radical (unpaired) electrons. The molecule has 1 N–H and O–H groups in total. The van der Waals surface area contributed by atoms with Gasteiger partial charge in [-0.2, -0.15) is 0 Å². The summed E-state index contributed by atoms with van der Waals surface area (Å²) in [4.78, 5) is 59.3. The number of esters is 1. The first-order valence-electron chi connectivity index (χ1n) is 11.0. The highest BCUT2D eigenvalue weighted by atomic mass is 32.2. The predicted molar refractivity (Wildman–Crippen MR) is 130 cm³/mol. The van der Waals surface area contributed by atoms with Crippen molar-refractivity contribution in [1.29, 1.82) is 0 Å². The molecule has 198 valence electrons. The van der Waals surface area contributed by atoms with Gasteiger partial charge in [0.2, 0.25) is 0 Å². The molecule has 2 amide bonds. The molecule has 2 aliphatic heterocycles. The van der Waals surface area contributed by atoms with Crippen molar-refractivity contribution < 1.29 is 37.9 Å². The molecule has 15 heteroatoms. The Morgan fingerprint density at radius 3 is 1.97 bits per heavy atom. The second-order valence-electron chi connectivity index (χ2n) is 8.37. The first-order chi connectivity index (χ1) is 18.1. The van der Waals surface area contributed by atoms with Crippen molar-refractivity contribution in [3.8, 4) is 0 Å². The number of rotatable bonds is 8. The first-order valence-corrected chi connectivity index (χ1v) is 12.4. The molecule has 2 aromatic carbocycles. The lowest BCUT2D eigenvalue weighted by atomic mass is 9.99. The molecule has 2 fully saturated rings. The number of alkyl carbamates (subject to hydrolysis) is 1. The molecule has 2 aliphatic rings. The van der Waals surface area contributed by atoms with Crippen LogP contribution in [0.15, 0.2) is 60.7 Å². The highest BCUT2D eigenvalue weighted by molar-refractivity contribution is 7.86. The molecule has 2 heterocycles. The smallest absolute Gasteiger partial charge is 0.408 e. The second kappa shape index (κ2) is 10.8. The Balaban J connectivity index is 1.34. The number of non-ortho nitro benzene ring substituents is 2. The molecule has 0 aliphatic carbocycles. The zero-order valence-corrected chi connectivity index (χ0v) is 20.3. The molecule has 2 saturated heterocycles. The first kappa shape index (κ1) is 26.4. The average molecular weight is 544 g/mol. The number of carbonyl (C=O) groups excluding carboxylic acids is 3. The maximum absolute atomic E-state index is 12.8. The van der Waals surface area contributed by atoms with Crippen molar-refractivity contribution in [2.45, 2.75) is 30.7 Å². The Kier molecular flexibility index (Phi) is 7.47. The zero-order valence-electron chi connectivity index (χ0n) is 19.5. The van der Waals surface area contributed by atoms with E-state index in [2.05, 4.69) is 11.9 Å². The Bertz CT molecular complexity index is 1340. The molecular weight excluding hydrogens is 524 g/mol. The van der Waals surface area contributed by atoms with E-state index >= 15 is 0 Å². The number of hydrogen-bond donors (Lipinski definition) is 1. The molecule has 0 spiro atoms. The lowest BCUT2D eigenvalue weighted by Gasteiger charge is -2.52. The number of nitrogens with zero attached hydrogens (tertiary/aromatic N) is 3. The van der Waals surface area contributed by atoms with Gasteiger partial charge in [-0.1, -0.05) is 6.58 Å². The summed E-state index contributed by atoms with van der Waals surface area (Å²) in [7, 11) is -1.66. The molecular formula is C23H20N4O10S. The van der Waals surface area contributed by atoms with E-state index < -0.39 is 56.1 Å². The van der Waals surface area contributed by atoms with Crippen LogP contribution < -0.4 is 5.32 Å². The molecule has 2 aromatic rings. The minimum absolute atomic E-state index is 0.0955. The van der Waals surface area contributed by atoms with Crippen molar-refractivity contribution in [2.75, 3.05) is 5.75 Å².